The molecule has 1 aromatic heterocycles. The van der Waals surface area contributed by atoms with Gasteiger partial charge >= 0.3 is 6.03 Å². The Balaban J connectivity index is 1.51. The third-order valence-corrected chi connectivity index (χ3v) is 5.35. The molecule has 1 atom stereocenters. The molecule has 1 aromatic carbocycles. The van der Waals surface area contributed by atoms with Crippen LogP contribution in [0.15, 0.2) is 40.3 Å². The van der Waals surface area contributed by atoms with Crippen molar-refractivity contribution < 1.29 is 9.59 Å². The molecule has 2 aromatic rings. The number of anilines is 2. The van der Waals surface area contributed by atoms with Crippen molar-refractivity contribution in [2.75, 3.05) is 10.6 Å². The zero-order valence-corrected chi connectivity index (χ0v) is 17.7. The van der Waals surface area contributed by atoms with E-state index in [0.29, 0.717) is 17.2 Å². The van der Waals surface area contributed by atoms with E-state index in [9.17, 15) is 9.59 Å². The molecule has 1 aliphatic carbocycles. The lowest BCUT2D eigenvalue weighted by Crippen LogP contribution is -2.29. The molecular weight excluding hydrogens is 380 g/mol. The zero-order valence-electron chi connectivity index (χ0n) is 17.7. The van der Waals surface area contributed by atoms with E-state index in [4.69, 9.17) is 0 Å². The maximum Gasteiger partial charge on any atom is 0.324 e. The van der Waals surface area contributed by atoms with Gasteiger partial charge in [-0.2, -0.15) is 14.8 Å². The molecule has 8 nitrogen and oxygen atoms in total. The average Bonchev–Trinajstić information content (AvgIpc) is 3.28. The molecule has 1 fully saturated rings. The average molecular weight is 406 g/mol. The van der Waals surface area contributed by atoms with Crippen LogP contribution in [0.5, 0.6) is 0 Å². The Morgan fingerprint density at radius 3 is 2.57 bits per heavy atom. The van der Waals surface area contributed by atoms with E-state index in [1.54, 1.807) is 6.07 Å². The summed E-state index contributed by atoms with van der Waals surface area (Å²) in [5.74, 6) is 0.228. The van der Waals surface area contributed by atoms with E-state index in [1.165, 1.54) is 10.2 Å². The van der Waals surface area contributed by atoms with Crippen molar-refractivity contribution in [2.24, 2.45) is 15.9 Å². The Labute approximate surface area is 175 Å². The van der Waals surface area contributed by atoms with Crippen molar-refractivity contribution in [1.29, 1.82) is 0 Å². The van der Waals surface area contributed by atoms with Gasteiger partial charge in [-0.1, -0.05) is 32.9 Å². The van der Waals surface area contributed by atoms with Crippen molar-refractivity contribution in [3.05, 3.63) is 41.6 Å². The summed E-state index contributed by atoms with van der Waals surface area (Å²) in [6.45, 7) is 8.23. The molecule has 2 N–H and O–H groups in total. The number of aromatic nitrogens is 2. The van der Waals surface area contributed by atoms with Gasteiger partial charge in [-0.25, -0.2) is 9.79 Å². The molecule has 1 aliphatic heterocycles. The number of nitrogens with zero attached hydrogens (tertiary/aromatic N) is 4. The monoisotopic (exact) mass is 406 g/mol. The van der Waals surface area contributed by atoms with Crippen LogP contribution in [0.1, 0.15) is 51.3 Å². The van der Waals surface area contributed by atoms with Gasteiger partial charge < -0.3 is 5.32 Å². The van der Waals surface area contributed by atoms with Crippen molar-refractivity contribution >= 4 is 35.1 Å². The van der Waals surface area contributed by atoms with E-state index in [2.05, 4.69) is 46.5 Å². The number of benzene rings is 1. The van der Waals surface area contributed by atoms with Crippen LogP contribution in [0.2, 0.25) is 0 Å². The molecule has 4 rings (SSSR count). The highest BCUT2D eigenvalue weighted by Crippen LogP contribution is 2.28. The minimum absolute atomic E-state index is 0.0445. The van der Waals surface area contributed by atoms with Crippen LogP contribution in [0.4, 0.5) is 16.3 Å². The number of amides is 3. The van der Waals surface area contributed by atoms with Crippen LogP contribution in [-0.2, 0) is 10.2 Å². The summed E-state index contributed by atoms with van der Waals surface area (Å²) in [5.41, 5.74) is 3.45. The molecule has 30 heavy (non-hydrogen) atoms. The molecule has 8 heteroatoms. The first-order valence-electron chi connectivity index (χ1n) is 10.2. The van der Waals surface area contributed by atoms with Gasteiger partial charge in [0.1, 0.15) is 5.82 Å². The summed E-state index contributed by atoms with van der Waals surface area (Å²) in [4.78, 5) is 33.5. The highest BCUT2D eigenvalue weighted by molar-refractivity contribution is 6.17. The molecule has 1 saturated carbocycles. The molecule has 156 valence electrons. The molecule has 0 bridgehead atoms. The van der Waals surface area contributed by atoms with Gasteiger partial charge in [0.25, 0.3) is 11.9 Å². The van der Waals surface area contributed by atoms with Gasteiger partial charge in [0.15, 0.2) is 0 Å². The lowest BCUT2D eigenvalue weighted by Gasteiger charge is -2.19. The minimum atomic E-state index is -0.409. The Kier molecular flexibility index (Phi) is 5.01. The van der Waals surface area contributed by atoms with E-state index in [-0.39, 0.29) is 23.2 Å². The van der Waals surface area contributed by atoms with Crippen LogP contribution in [0, 0.1) is 12.8 Å². The van der Waals surface area contributed by atoms with Crippen LogP contribution in [0.25, 0.3) is 0 Å². The summed E-state index contributed by atoms with van der Waals surface area (Å²) in [7, 11) is 0. The van der Waals surface area contributed by atoms with E-state index >= 15 is 0 Å². The number of fused-ring (bicyclic) bond motifs is 1. The lowest BCUT2D eigenvalue weighted by atomic mass is 9.87. The van der Waals surface area contributed by atoms with E-state index in [0.717, 1.165) is 25.0 Å². The Morgan fingerprint density at radius 1 is 1.13 bits per heavy atom. The summed E-state index contributed by atoms with van der Waals surface area (Å²) in [5, 5.41) is 9.97. The maximum absolute atomic E-state index is 12.5. The standard InChI is InChI=1S/C22H26N6O2/c1-13-12-18(25-21(30)23-15-10-8-14(9-11-15)22(2,3)4)28(27-13)20-24-17-7-5-6-16(17)19(29)26-20/h8-12,16H,5-7H2,1-4H3,(H2,23,25,30). The second-order valence-electron chi connectivity index (χ2n) is 8.79. The molecule has 2 heterocycles. The summed E-state index contributed by atoms with van der Waals surface area (Å²) in [6, 6.07) is 9.06. The van der Waals surface area contributed by atoms with Crippen molar-refractivity contribution in [3.63, 3.8) is 0 Å². The van der Waals surface area contributed by atoms with Gasteiger partial charge in [0.05, 0.1) is 11.6 Å². The first kappa shape index (κ1) is 20.0. The van der Waals surface area contributed by atoms with E-state index < -0.39 is 6.03 Å². The number of hydrogen-bond acceptors (Lipinski definition) is 4. The quantitative estimate of drug-likeness (QED) is 0.784. The zero-order chi connectivity index (χ0) is 21.5. The number of urea groups is 1. The fourth-order valence-electron chi connectivity index (χ4n) is 3.73. The van der Waals surface area contributed by atoms with Gasteiger partial charge in [-0.05, 0) is 49.3 Å². The van der Waals surface area contributed by atoms with Gasteiger partial charge in [0.2, 0.25) is 0 Å². The summed E-state index contributed by atoms with van der Waals surface area (Å²) in [6.07, 6.45) is 2.54. The smallest absolute Gasteiger partial charge is 0.308 e. The number of rotatable bonds is 2. The second-order valence-corrected chi connectivity index (χ2v) is 8.79. The predicted octanol–water partition coefficient (Wildman–Crippen LogP) is 4.12. The number of nitrogens with one attached hydrogen (secondary N) is 2. The maximum atomic E-state index is 12.5. The third kappa shape index (κ3) is 4.03. The van der Waals surface area contributed by atoms with Gasteiger partial charge in [-0.3, -0.25) is 10.1 Å². The van der Waals surface area contributed by atoms with Crippen molar-refractivity contribution in [1.82, 2.24) is 9.78 Å². The van der Waals surface area contributed by atoms with Crippen LogP contribution in [-0.4, -0.2) is 33.4 Å². The molecular formula is C22H26N6O2. The predicted molar refractivity (Wildman–Crippen MR) is 117 cm³/mol. The number of carbonyl (C=O) groups is 2. The van der Waals surface area contributed by atoms with Gasteiger partial charge in [-0.15, -0.1) is 0 Å². The molecule has 3 amide bonds. The Hall–Kier alpha value is -3.29. The van der Waals surface area contributed by atoms with E-state index in [1.807, 2.05) is 31.2 Å². The topological polar surface area (TPSA) is 101 Å². The third-order valence-electron chi connectivity index (χ3n) is 5.35. The summed E-state index contributed by atoms with van der Waals surface area (Å²) >= 11 is 0. The SMILES string of the molecule is Cc1cc(NC(=O)Nc2ccc(C(C)(C)C)cc2)n(C2=NC(=O)C3CCCC3=N2)n1. The van der Waals surface area contributed by atoms with Crippen molar-refractivity contribution in [2.45, 2.75) is 52.4 Å². The first-order chi connectivity index (χ1) is 14.2. The van der Waals surface area contributed by atoms with Gasteiger partial charge in [0, 0.05) is 17.5 Å². The highest BCUT2D eigenvalue weighted by atomic mass is 16.2. The molecule has 0 radical (unpaired) electrons. The fourth-order valence-corrected chi connectivity index (χ4v) is 3.73. The minimum Gasteiger partial charge on any atom is -0.308 e. The van der Waals surface area contributed by atoms with Crippen LogP contribution >= 0.6 is 0 Å². The van der Waals surface area contributed by atoms with Crippen LogP contribution in [0.3, 0.4) is 0 Å². The highest BCUT2D eigenvalue weighted by Gasteiger charge is 2.33. The molecule has 0 spiro atoms. The van der Waals surface area contributed by atoms with Crippen LogP contribution < -0.4 is 10.6 Å². The Morgan fingerprint density at radius 2 is 1.87 bits per heavy atom. The molecule has 2 aliphatic rings. The molecule has 1 unspecified atom stereocenters. The fraction of sp³-hybridized carbons (Fsp3) is 0.409. The normalized spacial score (nSPS) is 18.5. The van der Waals surface area contributed by atoms with Crippen molar-refractivity contribution in [3.8, 4) is 0 Å². The number of aliphatic imine (C=N–C) groups is 2. The molecule has 0 saturated heterocycles. The summed E-state index contributed by atoms with van der Waals surface area (Å²) < 4.78 is 1.41. The lowest BCUT2D eigenvalue weighted by molar-refractivity contribution is -0.119. The largest absolute Gasteiger partial charge is 0.324 e. The number of carbonyl (C=O) groups excluding carboxylic acids is 2. The Bertz CT molecular complexity index is 1060. The number of hydrogen-bond donors (Lipinski definition) is 2. The number of aryl methyl sites for hydroxylation is 1. The first-order valence-corrected chi connectivity index (χ1v) is 10.2. The second kappa shape index (κ2) is 7.51.